The molecule has 10 heteroatoms. The number of nitrogens with zero attached hydrogens (tertiary/aromatic N) is 4. The van der Waals surface area contributed by atoms with Gasteiger partial charge in [-0.1, -0.05) is 17.7 Å². The minimum Gasteiger partial charge on any atom is -0.383 e. The Kier molecular flexibility index (Phi) is 6.38. The number of rotatable bonds is 6. The molecule has 3 heterocycles. The van der Waals surface area contributed by atoms with Crippen LogP contribution in [0.5, 0.6) is 0 Å². The highest BCUT2D eigenvalue weighted by atomic mass is 16.5. The first-order valence-electron chi connectivity index (χ1n) is 10.8. The van der Waals surface area contributed by atoms with Gasteiger partial charge in [0.05, 0.1) is 24.4 Å². The average Bonchev–Trinajstić information content (AvgIpc) is 3.52. The fourth-order valence-corrected chi connectivity index (χ4v) is 4.34. The molecule has 1 aromatic carbocycles. The molecule has 1 aliphatic rings. The van der Waals surface area contributed by atoms with Crippen molar-refractivity contribution in [1.82, 2.24) is 19.8 Å². The molecular weight excluding hydrogens is 436 g/mol. The van der Waals surface area contributed by atoms with E-state index >= 15 is 0 Å². The van der Waals surface area contributed by atoms with Gasteiger partial charge in [0.25, 0.3) is 5.91 Å². The number of fused-ring (bicyclic) bond motifs is 1. The molecule has 2 amide bonds. The van der Waals surface area contributed by atoms with Gasteiger partial charge in [-0.05, 0) is 43.5 Å². The monoisotopic (exact) mass is 462 g/mol. The van der Waals surface area contributed by atoms with E-state index in [1.807, 2.05) is 19.1 Å². The van der Waals surface area contributed by atoms with Crippen molar-refractivity contribution in [3.05, 3.63) is 53.4 Å². The molecule has 2 atom stereocenters. The van der Waals surface area contributed by atoms with E-state index in [-0.39, 0.29) is 29.2 Å². The maximum Gasteiger partial charge on any atom is 0.255 e. The lowest BCUT2D eigenvalue weighted by atomic mass is 10.1. The summed E-state index contributed by atoms with van der Waals surface area (Å²) in [6.07, 6.45) is 1.88. The number of methoxy groups -OCH3 is 1. The van der Waals surface area contributed by atoms with Crippen LogP contribution in [0.25, 0.3) is 11.0 Å². The van der Waals surface area contributed by atoms with Crippen LogP contribution in [0.4, 0.5) is 5.82 Å². The zero-order valence-electron chi connectivity index (χ0n) is 19.3. The lowest BCUT2D eigenvalue weighted by Gasteiger charge is -2.22. The number of amides is 2. The van der Waals surface area contributed by atoms with Crippen molar-refractivity contribution < 1.29 is 18.8 Å². The van der Waals surface area contributed by atoms with Crippen LogP contribution in [0.1, 0.15) is 39.8 Å². The topological polar surface area (TPSA) is 129 Å². The number of hydrogen-bond donors (Lipinski definition) is 2. The van der Waals surface area contributed by atoms with Crippen molar-refractivity contribution in [1.29, 1.82) is 0 Å². The Morgan fingerprint density at radius 3 is 2.88 bits per heavy atom. The van der Waals surface area contributed by atoms with Gasteiger partial charge in [-0.3, -0.25) is 9.59 Å². The van der Waals surface area contributed by atoms with E-state index in [4.69, 9.17) is 15.0 Å². The first-order chi connectivity index (χ1) is 16.4. The number of hydrogen-bond acceptors (Lipinski definition) is 7. The molecule has 0 unspecified atom stereocenters. The van der Waals surface area contributed by atoms with E-state index in [0.29, 0.717) is 36.5 Å². The molecule has 0 saturated carbocycles. The number of nitrogens with one attached hydrogen (secondary N) is 1. The van der Waals surface area contributed by atoms with Gasteiger partial charge in [-0.25, -0.2) is 4.68 Å². The predicted octanol–water partition coefficient (Wildman–Crippen LogP) is 1.85. The zero-order chi connectivity index (χ0) is 24.4. The molecule has 0 bridgehead atoms. The Morgan fingerprint density at radius 2 is 2.21 bits per heavy atom. The fourth-order valence-electron chi connectivity index (χ4n) is 4.34. The molecule has 3 N–H and O–H groups in total. The second-order valence-corrected chi connectivity index (χ2v) is 8.05. The summed E-state index contributed by atoms with van der Waals surface area (Å²) in [6, 6.07) is 5.18. The number of benzene rings is 1. The van der Waals surface area contributed by atoms with Crippen LogP contribution in [-0.4, -0.2) is 65.0 Å². The Balaban J connectivity index is 1.72. The lowest BCUT2D eigenvalue weighted by Crippen LogP contribution is -2.37. The molecule has 0 aliphatic carbocycles. The van der Waals surface area contributed by atoms with Crippen molar-refractivity contribution in [2.24, 2.45) is 5.73 Å². The Hall–Kier alpha value is -4.10. The van der Waals surface area contributed by atoms with Crippen LogP contribution >= 0.6 is 0 Å². The Labute approximate surface area is 196 Å². The second kappa shape index (κ2) is 9.41. The Bertz CT molecular complexity index is 1330. The molecule has 4 rings (SSSR count). The minimum absolute atomic E-state index is 0.141. The number of anilines is 1. The molecule has 3 aromatic rings. The van der Waals surface area contributed by atoms with Crippen molar-refractivity contribution in [2.45, 2.75) is 25.4 Å². The molecule has 10 nitrogen and oxygen atoms in total. The smallest absolute Gasteiger partial charge is 0.255 e. The highest BCUT2D eigenvalue weighted by Gasteiger charge is 2.37. The number of nitrogens with two attached hydrogens (primary N) is 1. The average molecular weight is 463 g/mol. The quantitative estimate of drug-likeness (QED) is 0.422. The van der Waals surface area contributed by atoms with Crippen LogP contribution in [0, 0.1) is 18.8 Å². The van der Waals surface area contributed by atoms with Gasteiger partial charge in [0.15, 0.2) is 11.3 Å². The third-order valence-electron chi connectivity index (χ3n) is 5.93. The molecule has 0 radical (unpaired) electrons. The van der Waals surface area contributed by atoms with Gasteiger partial charge in [-0.15, -0.1) is 0 Å². The van der Waals surface area contributed by atoms with Crippen LogP contribution < -0.4 is 11.1 Å². The van der Waals surface area contributed by atoms with Gasteiger partial charge in [-0.2, -0.15) is 5.10 Å². The first-order valence-corrected chi connectivity index (χ1v) is 10.8. The van der Waals surface area contributed by atoms with Gasteiger partial charge in [0.1, 0.15) is 11.4 Å². The van der Waals surface area contributed by atoms with Crippen LogP contribution in [0.2, 0.25) is 0 Å². The summed E-state index contributed by atoms with van der Waals surface area (Å²) in [5, 5.41) is 12.5. The maximum absolute atomic E-state index is 12.4. The van der Waals surface area contributed by atoms with Crippen molar-refractivity contribution >= 4 is 28.6 Å². The minimum atomic E-state index is -0.647. The molecule has 34 heavy (non-hydrogen) atoms. The molecule has 0 spiro atoms. The predicted molar refractivity (Wildman–Crippen MR) is 126 cm³/mol. The summed E-state index contributed by atoms with van der Waals surface area (Å²) in [6.45, 7) is 6.23. The van der Waals surface area contributed by atoms with Crippen molar-refractivity contribution in [3.8, 4) is 11.8 Å². The highest BCUT2D eigenvalue weighted by molar-refractivity contribution is 6.00. The summed E-state index contributed by atoms with van der Waals surface area (Å²) in [5.74, 6) is 5.63. The second-order valence-electron chi connectivity index (χ2n) is 8.05. The molecular formula is C24H26N6O4. The van der Waals surface area contributed by atoms with Gasteiger partial charge in [0, 0.05) is 31.7 Å². The largest absolute Gasteiger partial charge is 0.383 e. The van der Waals surface area contributed by atoms with Crippen LogP contribution in [0.3, 0.4) is 0 Å². The number of likely N-dealkylation sites (tertiary alicyclic amines) is 1. The van der Waals surface area contributed by atoms with Crippen molar-refractivity contribution in [3.63, 3.8) is 0 Å². The number of carbonyl (C=O) groups excluding carboxylic acids is 2. The van der Waals surface area contributed by atoms with E-state index in [1.165, 1.54) is 6.08 Å². The molecule has 176 valence electrons. The number of aryl methyl sites for hydroxylation is 1. The number of carbonyl (C=O) groups is 2. The zero-order valence-corrected chi connectivity index (χ0v) is 19.3. The molecule has 1 fully saturated rings. The number of ether oxygens (including phenoxy) is 1. The van der Waals surface area contributed by atoms with Gasteiger partial charge < -0.3 is 25.2 Å². The summed E-state index contributed by atoms with van der Waals surface area (Å²) in [7, 11) is 3.28. The van der Waals surface area contributed by atoms with E-state index in [2.05, 4.69) is 34.0 Å². The lowest BCUT2D eigenvalue weighted by molar-refractivity contribution is -0.127. The highest BCUT2D eigenvalue weighted by Crippen LogP contribution is 2.32. The number of aromatic nitrogens is 3. The summed E-state index contributed by atoms with van der Waals surface area (Å²) < 4.78 is 12.3. The molecule has 1 aliphatic heterocycles. The first kappa shape index (κ1) is 23.1. The van der Waals surface area contributed by atoms with Crippen LogP contribution in [-0.2, 0) is 9.53 Å². The summed E-state index contributed by atoms with van der Waals surface area (Å²) in [4.78, 5) is 26.4. The standard InChI is InChI=1S/C24H26N6O4/c1-5-21(31)29-12-16(11-17(29)13-33-4)30-24(26-3)22(23(25)32)19(27-30)9-7-15-6-8-18-14(2)28-34-20(18)10-15/h5-6,8,10,16-17,26H,1,11-13H2,2-4H3,(H2,25,32)/t16-,17+/m0/s1. The summed E-state index contributed by atoms with van der Waals surface area (Å²) in [5.41, 5.74) is 8.26. The third kappa shape index (κ3) is 4.13. The van der Waals surface area contributed by atoms with Gasteiger partial charge >= 0.3 is 0 Å². The normalized spacial score (nSPS) is 17.4. The van der Waals surface area contributed by atoms with E-state index < -0.39 is 5.91 Å². The number of primary amides is 1. The SMILES string of the molecule is C=CC(=O)N1C[C@@H](n2nc(C#Cc3ccc4c(C)noc4c3)c(C(N)=O)c2NC)C[C@@H]1COC. The van der Waals surface area contributed by atoms with Crippen molar-refractivity contribution in [2.75, 3.05) is 32.6 Å². The molecule has 1 saturated heterocycles. The van der Waals surface area contributed by atoms with Gasteiger partial charge in [0.2, 0.25) is 5.91 Å². The fraction of sp³-hybridized carbons (Fsp3) is 0.333. The third-order valence-corrected chi connectivity index (χ3v) is 5.93. The molecule has 2 aromatic heterocycles. The van der Waals surface area contributed by atoms with E-state index in [9.17, 15) is 9.59 Å². The maximum atomic E-state index is 12.4. The van der Waals surface area contributed by atoms with E-state index in [0.717, 1.165) is 11.1 Å². The van der Waals surface area contributed by atoms with Crippen LogP contribution in [0.15, 0.2) is 35.4 Å². The Morgan fingerprint density at radius 1 is 1.41 bits per heavy atom. The summed E-state index contributed by atoms with van der Waals surface area (Å²) >= 11 is 0. The van der Waals surface area contributed by atoms with E-state index in [1.54, 1.807) is 29.8 Å².